The average molecular weight is 239 g/mol. The molecule has 0 aromatic carbocycles. The molecule has 0 amide bonds. The summed E-state index contributed by atoms with van der Waals surface area (Å²) in [5.74, 6) is 0. The van der Waals surface area contributed by atoms with Crippen molar-refractivity contribution in [2.45, 2.75) is 13.1 Å². The molecule has 0 bridgehead atoms. The lowest BCUT2D eigenvalue weighted by Crippen LogP contribution is -2.14. The maximum absolute atomic E-state index is 4.51. The molecule has 5 nitrogen and oxygen atoms in total. The van der Waals surface area contributed by atoms with Crippen molar-refractivity contribution in [1.29, 1.82) is 0 Å². The normalized spacial score (nSPS) is 10.9. The Balaban J connectivity index is 1.63. The van der Waals surface area contributed by atoms with E-state index in [9.17, 15) is 0 Å². The summed E-state index contributed by atoms with van der Waals surface area (Å²) in [6, 6.07) is 9.80. The molecule has 90 valence electrons. The first-order valence-corrected chi connectivity index (χ1v) is 5.82. The summed E-state index contributed by atoms with van der Waals surface area (Å²) in [7, 11) is 0. The highest BCUT2D eigenvalue weighted by molar-refractivity contribution is 5.39. The summed E-state index contributed by atoms with van der Waals surface area (Å²) >= 11 is 0. The molecule has 0 unspecified atom stereocenters. The second-order valence-electron chi connectivity index (χ2n) is 4.02. The van der Waals surface area contributed by atoms with Gasteiger partial charge in [0.2, 0.25) is 0 Å². The Kier molecular flexibility index (Phi) is 2.97. The topological polar surface area (TPSA) is 55.1 Å². The summed E-state index contributed by atoms with van der Waals surface area (Å²) in [5, 5.41) is 11.2. The largest absolute Gasteiger partial charge is 0.307 e. The summed E-state index contributed by atoms with van der Waals surface area (Å²) < 4.78 is 2.01. The molecule has 18 heavy (non-hydrogen) atoms. The first-order valence-electron chi connectivity index (χ1n) is 5.82. The van der Waals surface area contributed by atoms with Crippen LogP contribution in [0, 0.1) is 0 Å². The third-order valence-corrected chi connectivity index (χ3v) is 2.65. The van der Waals surface area contributed by atoms with E-state index in [1.165, 1.54) is 0 Å². The molecule has 0 radical (unpaired) electrons. The number of pyridine rings is 1. The molecule has 0 aliphatic rings. The summed E-state index contributed by atoms with van der Waals surface area (Å²) in [4.78, 5) is 4.51. The van der Waals surface area contributed by atoms with Crippen LogP contribution in [0.1, 0.15) is 11.4 Å². The van der Waals surface area contributed by atoms with Crippen molar-refractivity contribution >= 4 is 5.65 Å². The zero-order valence-electron chi connectivity index (χ0n) is 9.82. The van der Waals surface area contributed by atoms with Gasteiger partial charge in [0.1, 0.15) is 5.65 Å². The van der Waals surface area contributed by atoms with E-state index in [-0.39, 0.29) is 0 Å². The number of hydrogen-bond donors (Lipinski definition) is 1. The molecule has 3 rings (SSSR count). The van der Waals surface area contributed by atoms with E-state index in [0.29, 0.717) is 6.54 Å². The molecule has 0 saturated heterocycles. The number of rotatable bonds is 4. The number of nitrogens with zero attached hydrogens (tertiary/aromatic N) is 4. The van der Waals surface area contributed by atoms with Gasteiger partial charge in [-0.1, -0.05) is 6.07 Å². The van der Waals surface area contributed by atoms with Gasteiger partial charge in [0, 0.05) is 31.7 Å². The van der Waals surface area contributed by atoms with Gasteiger partial charge >= 0.3 is 0 Å². The Bertz CT molecular complexity index is 599. The minimum absolute atomic E-state index is 0.696. The third-order valence-electron chi connectivity index (χ3n) is 2.65. The van der Waals surface area contributed by atoms with Gasteiger partial charge in [-0.3, -0.25) is 0 Å². The molecule has 0 saturated carbocycles. The van der Waals surface area contributed by atoms with E-state index in [1.807, 2.05) is 47.1 Å². The zero-order chi connectivity index (χ0) is 12.2. The minimum atomic E-state index is 0.696. The van der Waals surface area contributed by atoms with Crippen molar-refractivity contribution in [3.63, 3.8) is 0 Å². The number of fused-ring (bicyclic) bond motifs is 1. The van der Waals surface area contributed by atoms with E-state index in [0.717, 1.165) is 23.6 Å². The SMILES string of the molecule is c1cnnc(CNCc2cn3ccccc3n2)c1. The molecule has 3 aromatic heterocycles. The van der Waals surface area contributed by atoms with Gasteiger partial charge in [-0.05, 0) is 24.3 Å². The zero-order valence-corrected chi connectivity index (χ0v) is 9.82. The minimum Gasteiger partial charge on any atom is -0.307 e. The second kappa shape index (κ2) is 4.93. The van der Waals surface area contributed by atoms with Gasteiger partial charge in [0.05, 0.1) is 11.4 Å². The highest BCUT2D eigenvalue weighted by atomic mass is 15.1. The predicted octanol–water partition coefficient (Wildman–Crippen LogP) is 1.41. The van der Waals surface area contributed by atoms with Crippen LogP contribution < -0.4 is 5.32 Å². The molecule has 1 N–H and O–H groups in total. The second-order valence-corrected chi connectivity index (χ2v) is 4.02. The molecule has 3 aromatic rings. The molecule has 0 aliphatic heterocycles. The summed E-state index contributed by atoms with van der Waals surface area (Å²) in [5.41, 5.74) is 2.92. The lowest BCUT2D eigenvalue weighted by molar-refractivity contribution is 0.661. The standard InChI is InChI=1S/C13H13N5/c1-2-7-18-10-12(16-13(18)5-1)9-14-8-11-4-3-6-15-17-11/h1-7,10,14H,8-9H2. The van der Waals surface area contributed by atoms with Crippen molar-refractivity contribution < 1.29 is 0 Å². The van der Waals surface area contributed by atoms with Crippen LogP contribution in [0.4, 0.5) is 0 Å². The number of nitrogens with one attached hydrogen (secondary N) is 1. The highest BCUT2D eigenvalue weighted by Crippen LogP contribution is 2.04. The first-order chi connectivity index (χ1) is 8.92. The van der Waals surface area contributed by atoms with Crippen LogP contribution in [0.3, 0.4) is 0 Å². The molecule has 3 heterocycles. The summed E-state index contributed by atoms with van der Waals surface area (Å²) in [6.07, 6.45) is 5.69. The first kappa shape index (κ1) is 10.9. The van der Waals surface area contributed by atoms with E-state index < -0.39 is 0 Å². The van der Waals surface area contributed by atoms with Crippen LogP contribution in [-0.4, -0.2) is 19.6 Å². The highest BCUT2D eigenvalue weighted by Gasteiger charge is 2.00. The summed E-state index contributed by atoms with van der Waals surface area (Å²) in [6.45, 7) is 1.42. The molecule has 0 aliphatic carbocycles. The number of hydrogen-bond acceptors (Lipinski definition) is 4. The van der Waals surface area contributed by atoms with E-state index in [4.69, 9.17) is 0 Å². The van der Waals surface area contributed by atoms with Crippen molar-refractivity contribution in [2.75, 3.05) is 0 Å². The third kappa shape index (κ3) is 2.36. The molecule has 0 fully saturated rings. The fourth-order valence-electron chi connectivity index (χ4n) is 1.82. The van der Waals surface area contributed by atoms with Crippen LogP contribution in [0.5, 0.6) is 0 Å². The fraction of sp³-hybridized carbons (Fsp3) is 0.154. The van der Waals surface area contributed by atoms with Crippen molar-refractivity contribution in [3.8, 4) is 0 Å². The smallest absolute Gasteiger partial charge is 0.137 e. The Morgan fingerprint density at radius 3 is 2.83 bits per heavy atom. The maximum atomic E-state index is 4.51. The Morgan fingerprint density at radius 1 is 1.06 bits per heavy atom. The Hall–Kier alpha value is -2.27. The van der Waals surface area contributed by atoms with Gasteiger partial charge in [-0.2, -0.15) is 10.2 Å². The van der Waals surface area contributed by atoms with Crippen LogP contribution >= 0.6 is 0 Å². The van der Waals surface area contributed by atoms with Gasteiger partial charge < -0.3 is 9.72 Å². The lowest BCUT2D eigenvalue weighted by Gasteiger charge is -2.00. The van der Waals surface area contributed by atoms with Crippen molar-refractivity contribution in [3.05, 3.63) is 60.3 Å². The van der Waals surface area contributed by atoms with Crippen LogP contribution in [0.2, 0.25) is 0 Å². The van der Waals surface area contributed by atoms with E-state index in [1.54, 1.807) is 6.20 Å². The molecular formula is C13H13N5. The van der Waals surface area contributed by atoms with Crippen LogP contribution in [-0.2, 0) is 13.1 Å². The quantitative estimate of drug-likeness (QED) is 0.748. The van der Waals surface area contributed by atoms with E-state index in [2.05, 4.69) is 20.5 Å². The van der Waals surface area contributed by atoms with Gasteiger partial charge in [0.15, 0.2) is 0 Å². The average Bonchev–Trinajstić information content (AvgIpc) is 2.82. The lowest BCUT2D eigenvalue weighted by atomic mass is 10.4. The van der Waals surface area contributed by atoms with Gasteiger partial charge in [-0.15, -0.1) is 0 Å². The predicted molar refractivity (Wildman–Crippen MR) is 67.8 cm³/mol. The molecule has 0 spiro atoms. The molecular weight excluding hydrogens is 226 g/mol. The number of aromatic nitrogens is 4. The van der Waals surface area contributed by atoms with Gasteiger partial charge in [0.25, 0.3) is 0 Å². The van der Waals surface area contributed by atoms with Crippen molar-refractivity contribution in [1.82, 2.24) is 24.9 Å². The van der Waals surface area contributed by atoms with Crippen LogP contribution in [0.15, 0.2) is 48.9 Å². The fourth-order valence-corrected chi connectivity index (χ4v) is 1.82. The maximum Gasteiger partial charge on any atom is 0.137 e. The monoisotopic (exact) mass is 239 g/mol. The van der Waals surface area contributed by atoms with Crippen LogP contribution in [0.25, 0.3) is 5.65 Å². The van der Waals surface area contributed by atoms with Gasteiger partial charge in [-0.25, -0.2) is 4.98 Å². The Morgan fingerprint density at radius 2 is 2.00 bits per heavy atom. The van der Waals surface area contributed by atoms with E-state index >= 15 is 0 Å². The van der Waals surface area contributed by atoms with Crippen molar-refractivity contribution in [2.24, 2.45) is 0 Å². The Labute approximate surface area is 105 Å². The molecule has 0 atom stereocenters. The number of imidazole rings is 1. The molecule has 5 heteroatoms.